The first-order valence-corrected chi connectivity index (χ1v) is 6.53. The highest BCUT2D eigenvalue weighted by atomic mass is 35.5. The second kappa shape index (κ2) is 5.30. The van der Waals surface area contributed by atoms with E-state index in [9.17, 15) is 5.11 Å². The van der Waals surface area contributed by atoms with E-state index in [4.69, 9.17) is 11.6 Å². The van der Waals surface area contributed by atoms with Gasteiger partial charge in [-0.05, 0) is 24.3 Å². The van der Waals surface area contributed by atoms with Crippen molar-refractivity contribution in [2.75, 3.05) is 0 Å². The Bertz CT molecular complexity index is 727. The van der Waals surface area contributed by atoms with Crippen molar-refractivity contribution in [2.45, 2.75) is 5.88 Å². The number of aromatic hydroxyl groups is 1. The minimum Gasteiger partial charge on any atom is -0.508 e. The van der Waals surface area contributed by atoms with Crippen molar-refractivity contribution in [1.82, 2.24) is 19.7 Å². The Labute approximate surface area is 120 Å². The lowest BCUT2D eigenvalue weighted by atomic mass is 10.2. The first kappa shape index (κ1) is 12.6. The van der Waals surface area contributed by atoms with Crippen LogP contribution in [0.1, 0.15) is 5.82 Å². The summed E-state index contributed by atoms with van der Waals surface area (Å²) in [5.74, 6) is 1.65. The normalized spacial score (nSPS) is 10.7. The molecule has 2 aromatic heterocycles. The largest absolute Gasteiger partial charge is 0.508 e. The number of nitrogens with zero attached hydrogens (tertiary/aromatic N) is 4. The van der Waals surface area contributed by atoms with Crippen molar-refractivity contribution in [3.63, 3.8) is 0 Å². The zero-order valence-corrected chi connectivity index (χ0v) is 11.2. The second-order valence-electron chi connectivity index (χ2n) is 4.17. The lowest BCUT2D eigenvalue weighted by molar-refractivity contribution is 0.475. The molecular weight excluding hydrogens is 276 g/mol. The summed E-state index contributed by atoms with van der Waals surface area (Å²) in [4.78, 5) is 4.09. The Kier molecular flexibility index (Phi) is 3.35. The van der Waals surface area contributed by atoms with Crippen LogP contribution < -0.4 is 0 Å². The molecule has 1 aromatic carbocycles. The third kappa shape index (κ3) is 2.23. The Hall–Kier alpha value is -2.40. The summed E-state index contributed by atoms with van der Waals surface area (Å²) >= 11 is 5.92. The average Bonchev–Trinajstić information content (AvgIpc) is 2.92. The summed E-state index contributed by atoms with van der Waals surface area (Å²) in [6.07, 6.45) is 3.41. The van der Waals surface area contributed by atoms with Gasteiger partial charge in [0.15, 0.2) is 11.6 Å². The van der Waals surface area contributed by atoms with E-state index in [1.165, 1.54) is 0 Å². The second-order valence-corrected chi connectivity index (χ2v) is 4.44. The van der Waals surface area contributed by atoms with E-state index in [1.807, 2.05) is 22.8 Å². The topological polar surface area (TPSA) is 63.8 Å². The van der Waals surface area contributed by atoms with E-state index < -0.39 is 0 Å². The van der Waals surface area contributed by atoms with Gasteiger partial charge in [-0.15, -0.1) is 21.8 Å². The van der Waals surface area contributed by atoms with Crippen LogP contribution in [-0.4, -0.2) is 24.9 Å². The molecule has 3 aromatic rings. The van der Waals surface area contributed by atoms with Crippen LogP contribution in [0.4, 0.5) is 0 Å². The Morgan fingerprint density at radius 2 is 2.05 bits per heavy atom. The highest BCUT2D eigenvalue weighted by Gasteiger charge is 2.15. The lowest BCUT2D eigenvalue weighted by Gasteiger charge is -2.09. The Morgan fingerprint density at radius 1 is 1.15 bits per heavy atom. The van der Waals surface area contributed by atoms with E-state index >= 15 is 0 Å². The fourth-order valence-electron chi connectivity index (χ4n) is 1.99. The van der Waals surface area contributed by atoms with E-state index in [0.717, 1.165) is 11.3 Å². The van der Waals surface area contributed by atoms with E-state index in [-0.39, 0.29) is 11.6 Å². The molecule has 1 N–H and O–H groups in total. The van der Waals surface area contributed by atoms with Gasteiger partial charge >= 0.3 is 0 Å². The van der Waals surface area contributed by atoms with Gasteiger partial charge in [0.1, 0.15) is 5.75 Å². The zero-order chi connectivity index (χ0) is 13.9. The van der Waals surface area contributed by atoms with Crippen LogP contribution in [-0.2, 0) is 5.88 Å². The number of aromatic nitrogens is 4. The smallest absolute Gasteiger partial charge is 0.170 e. The van der Waals surface area contributed by atoms with Crippen molar-refractivity contribution in [3.05, 3.63) is 54.6 Å². The number of alkyl halides is 1. The molecule has 0 radical (unpaired) electrons. The number of benzene rings is 1. The molecular formula is C14H11ClN4O. The highest BCUT2D eigenvalue weighted by Crippen LogP contribution is 2.24. The van der Waals surface area contributed by atoms with Crippen molar-refractivity contribution in [1.29, 1.82) is 0 Å². The van der Waals surface area contributed by atoms with Crippen molar-refractivity contribution < 1.29 is 5.11 Å². The van der Waals surface area contributed by atoms with Gasteiger partial charge in [-0.3, -0.25) is 9.55 Å². The van der Waals surface area contributed by atoms with E-state index in [1.54, 1.807) is 30.6 Å². The summed E-state index contributed by atoms with van der Waals surface area (Å²) in [6, 6.07) is 10.6. The molecule has 0 saturated heterocycles. The molecule has 2 heterocycles. The monoisotopic (exact) mass is 286 g/mol. The fourth-order valence-corrected chi connectivity index (χ4v) is 2.16. The molecule has 3 rings (SSSR count). The quantitative estimate of drug-likeness (QED) is 0.752. The molecule has 0 saturated carbocycles. The van der Waals surface area contributed by atoms with Crippen LogP contribution in [0, 0.1) is 0 Å². The number of rotatable bonds is 3. The fraction of sp³-hybridized carbons (Fsp3) is 0.0714. The predicted octanol–water partition coefficient (Wildman–Crippen LogP) is 2.77. The van der Waals surface area contributed by atoms with Crippen LogP contribution in [0.25, 0.3) is 17.1 Å². The molecule has 0 atom stereocenters. The number of pyridine rings is 1. The van der Waals surface area contributed by atoms with Gasteiger partial charge in [-0.1, -0.05) is 6.07 Å². The molecule has 0 unspecified atom stereocenters. The van der Waals surface area contributed by atoms with E-state index in [2.05, 4.69) is 15.2 Å². The van der Waals surface area contributed by atoms with Gasteiger partial charge in [0, 0.05) is 24.0 Å². The summed E-state index contributed by atoms with van der Waals surface area (Å²) < 4.78 is 1.81. The maximum atomic E-state index is 9.64. The number of phenols is 1. The van der Waals surface area contributed by atoms with Crippen LogP contribution in [0.5, 0.6) is 5.75 Å². The molecule has 5 nitrogen and oxygen atoms in total. The van der Waals surface area contributed by atoms with Gasteiger partial charge < -0.3 is 5.11 Å². The van der Waals surface area contributed by atoms with Gasteiger partial charge in [-0.25, -0.2) is 0 Å². The van der Waals surface area contributed by atoms with Crippen LogP contribution in [0.3, 0.4) is 0 Å². The number of hydrogen-bond acceptors (Lipinski definition) is 4. The number of phenolic OH excluding ortho intramolecular Hbond substituents is 1. The molecule has 0 aliphatic heterocycles. The molecule has 0 amide bonds. The van der Waals surface area contributed by atoms with Crippen molar-refractivity contribution >= 4 is 11.6 Å². The summed E-state index contributed by atoms with van der Waals surface area (Å²) in [7, 11) is 0. The summed E-state index contributed by atoms with van der Waals surface area (Å²) in [6.45, 7) is 0. The third-order valence-electron chi connectivity index (χ3n) is 2.86. The molecule has 0 bridgehead atoms. The van der Waals surface area contributed by atoms with Crippen LogP contribution in [0.15, 0.2) is 48.8 Å². The molecule has 0 fully saturated rings. The standard InChI is InChI=1S/C14H11ClN4O/c15-8-13-17-18-14(10-3-2-6-16-9-10)19(13)11-4-1-5-12(20)7-11/h1-7,9,20H,8H2. The Morgan fingerprint density at radius 3 is 2.75 bits per heavy atom. The summed E-state index contributed by atoms with van der Waals surface area (Å²) in [5, 5.41) is 17.9. The molecule has 0 spiro atoms. The molecule has 20 heavy (non-hydrogen) atoms. The zero-order valence-electron chi connectivity index (χ0n) is 10.4. The SMILES string of the molecule is Oc1cccc(-n2c(CCl)nnc2-c2cccnc2)c1. The van der Waals surface area contributed by atoms with Gasteiger partial charge in [0.05, 0.1) is 11.6 Å². The van der Waals surface area contributed by atoms with Crippen LogP contribution >= 0.6 is 11.6 Å². The molecule has 0 aliphatic rings. The van der Waals surface area contributed by atoms with Crippen molar-refractivity contribution in [3.8, 4) is 22.8 Å². The maximum absolute atomic E-state index is 9.64. The van der Waals surface area contributed by atoms with Gasteiger partial charge in [-0.2, -0.15) is 0 Å². The lowest BCUT2D eigenvalue weighted by Crippen LogP contribution is -2.01. The first-order chi connectivity index (χ1) is 9.79. The Balaban J connectivity index is 2.21. The molecule has 100 valence electrons. The predicted molar refractivity (Wildman–Crippen MR) is 75.8 cm³/mol. The van der Waals surface area contributed by atoms with Gasteiger partial charge in [0.25, 0.3) is 0 Å². The summed E-state index contributed by atoms with van der Waals surface area (Å²) in [5.41, 5.74) is 1.59. The van der Waals surface area contributed by atoms with Crippen molar-refractivity contribution in [2.24, 2.45) is 0 Å². The minimum atomic E-state index is 0.175. The van der Waals surface area contributed by atoms with Gasteiger partial charge in [0.2, 0.25) is 0 Å². The first-order valence-electron chi connectivity index (χ1n) is 5.99. The average molecular weight is 287 g/mol. The highest BCUT2D eigenvalue weighted by molar-refractivity contribution is 6.16. The molecule has 6 heteroatoms. The molecule has 0 aliphatic carbocycles. The van der Waals surface area contributed by atoms with Crippen LogP contribution in [0.2, 0.25) is 0 Å². The van der Waals surface area contributed by atoms with E-state index in [0.29, 0.717) is 11.6 Å². The number of hydrogen-bond donors (Lipinski definition) is 1. The third-order valence-corrected chi connectivity index (χ3v) is 3.10. The maximum Gasteiger partial charge on any atom is 0.170 e. The minimum absolute atomic E-state index is 0.175. The number of halogens is 1.